The zero-order valence-corrected chi connectivity index (χ0v) is 17.0. The predicted molar refractivity (Wildman–Crippen MR) is 117 cm³/mol. The fourth-order valence-electron chi connectivity index (χ4n) is 3.11. The second-order valence-electron chi connectivity index (χ2n) is 7.26. The lowest BCUT2D eigenvalue weighted by molar-refractivity contribution is 0.552. The summed E-state index contributed by atoms with van der Waals surface area (Å²) in [5, 5.41) is 0. The van der Waals surface area contributed by atoms with Crippen LogP contribution in [0.5, 0.6) is 0 Å². The van der Waals surface area contributed by atoms with Crippen molar-refractivity contribution in [3.8, 4) is 11.1 Å². The van der Waals surface area contributed by atoms with Gasteiger partial charge >= 0.3 is 0 Å². The van der Waals surface area contributed by atoms with Crippen LogP contribution in [0.25, 0.3) is 11.1 Å². The number of aryl methyl sites for hydroxylation is 2. The van der Waals surface area contributed by atoms with Crippen LogP contribution in [-0.2, 0) is 6.42 Å². The highest BCUT2D eigenvalue weighted by atomic mass is 19.1. The van der Waals surface area contributed by atoms with Crippen LogP contribution in [0.4, 0.5) is 10.1 Å². The molecule has 0 aromatic heterocycles. The normalized spacial score (nSPS) is 11.2. The third-order valence-corrected chi connectivity index (χ3v) is 5.07. The molecule has 0 aliphatic heterocycles. The van der Waals surface area contributed by atoms with Gasteiger partial charge in [0.25, 0.3) is 0 Å². The van der Waals surface area contributed by atoms with Crippen LogP contribution in [0.2, 0.25) is 0 Å². The Hall–Kier alpha value is -2.94. The summed E-state index contributed by atoms with van der Waals surface area (Å²) >= 11 is 0. The van der Waals surface area contributed by atoms with E-state index in [0.29, 0.717) is 0 Å². The number of rotatable bonds is 6. The van der Waals surface area contributed by atoms with Crippen LogP contribution in [0.15, 0.2) is 65.7 Å². The third-order valence-electron chi connectivity index (χ3n) is 5.07. The number of halogens is 1. The quantitative estimate of drug-likeness (QED) is 0.364. The summed E-state index contributed by atoms with van der Waals surface area (Å²) in [6.45, 7) is 7.30. The van der Waals surface area contributed by atoms with Gasteiger partial charge in [-0.15, -0.1) is 0 Å². The lowest BCUT2D eigenvalue weighted by Gasteiger charge is -2.12. The van der Waals surface area contributed by atoms with Crippen LogP contribution in [0, 0.1) is 19.7 Å². The summed E-state index contributed by atoms with van der Waals surface area (Å²) in [5.41, 5.74) is 8.16. The molecule has 0 radical (unpaired) electrons. The van der Waals surface area contributed by atoms with E-state index in [1.165, 1.54) is 34.4 Å². The van der Waals surface area contributed by atoms with E-state index in [4.69, 9.17) is 0 Å². The minimum Gasteiger partial charge on any atom is -0.366 e. The number of hydrogen-bond acceptors (Lipinski definition) is 1. The van der Waals surface area contributed by atoms with E-state index < -0.39 is 0 Å². The Morgan fingerprint density at radius 1 is 0.893 bits per heavy atom. The van der Waals surface area contributed by atoms with E-state index in [2.05, 4.69) is 67.1 Å². The highest BCUT2D eigenvalue weighted by molar-refractivity contribution is 5.65. The van der Waals surface area contributed by atoms with E-state index >= 15 is 0 Å². The molecule has 0 unspecified atom stereocenters. The van der Waals surface area contributed by atoms with E-state index in [1.54, 1.807) is 0 Å². The molecular weight excluding hydrogens is 347 g/mol. The van der Waals surface area contributed by atoms with Crippen molar-refractivity contribution in [3.05, 3.63) is 88.7 Å². The SMILES string of the molecule is CCN(C)/C=N/c1cc(C)c(Cc2ccc(-c3ccc(F)cc3)cc2)cc1C. The van der Waals surface area contributed by atoms with Gasteiger partial charge in [-0.25, -0.2) is 9.38 Å². The topological polar surface area (TPSA) is 15.6 Å². The molecule has 0 heterocycles. The van der Waals surface area contributed by atoms with Crippen molar-refractivity contribution in [3.63, 3.8) is 0 Å². The molecule has 0 aliphatic carbocycles. The largest absolute Gasteiger partial charge is 0.366 e. The lowest BCUT2D eigenvalue weighted by atomic mass is 9.96. The molecule has 3 rings (SSSR count). The van der Waals surface area contributed by atoms with E-state index in [0.717, 1.165) is 29.8 Å². The Bertz CT molecular complexity index is 957. The maximum atomic E-state index is 13.1. The van der Waals surface area contributed by atoms with Gasteiger partial charge in [-0.05, 0) is 78.8 Å². The van der Waals surface area contributed by atoms with Gasteiger partial charge in [-0.3, -0.25) is 0 Å². The van der Waals surface area contributed by atoms with E-state index in [1.807, 2.05) is 25.5 Å². The highest BCUT2D eigenvalue weighted by Crippen LogP contribution is 2.26. The smallest absolute Gasteiger partial charge is 0.123 e. The number of hydrogen-bond donors (Lipinski definition) is 0. The molecule has 144 valence electrons. The lowest BCUT2D eigenvalue weighted by Crippen LogP contribution is -2.14. The maximum absolute atomic E-state index is 13.1. The molecule has 0 saturated heterocycles. The molecule has 0 N–H and O–H groups in total. The summed E-state index contributed by atoms with van der Waals surface area (Å²) in [4.78, 5) is 6.67. The molecule has 0 spiro atoms. The van der Waals surface area contributed by atoms with Gasteiger partial charge in [0.2, 0.25) is 0 Å². The van der Waals surface area contributed by atoms with Gasteiger partial charge in [0, 0.05) is 13.6 Å². The molecular formula is C25H27FN2. The van der Waals surface area contributed by atoms with Crippen molar-refractivity contribution in [1.29, 1.82) is 0 Å². The Labute approximate surface area is 167 Å². The fourth-order valence-corrected chi connectivity index (χ4v) is 3.11. The van der Waals surface area contributed by atoms with Gasteiger partial charge in [0.05, 0.1) is 12.0 Å². The molecule has 0 aliphatic rings. The molecule has 3 aromatic rings. The highest BCUT2D eigenvalue weighted by Gasteiger charge is 2.06. The second-order valence-corrected chi connectivity index (χ2v) is 7.26. The van der Waals surface area contributed by atoms with Crippen molar-refractivity contribution in [1.82, 2.24) is 4.90 Å². The average Bonchev–Trinajstić information content (AvgIpc) is 2.70. The fraction of sp³-hybridized carbons (Fsp3) is 0.240. The first-order valence-electron chi connectivity index (χ1n) is 9.65. The monoisotopic (exact) mass is 374 g/mol. The summed E-state index contributed by atoms with van der Waals surface area (Å²) in [6, 6.07) is 19.5. The van der Waals surface area contributed by atoms with Crippen LogP contribution in [0.1, 0.15) is 29.2 Å². The predicted octanol–water partition coefficient (Wildman–Crippen LogP) is 6.31. The minimum atomic E-state index is -0.208. The first-order valence-corrected chi connectivity index (χ1v) is 9.65. The van der Waals surface area contributed by atoms with Gasteiger partial charge in [-0.1, -0.05) is 42.5 Å². The molecule has 0 amide bonds. The van der Waals surface area contributed by atoms with Crippen molar-refractivity contribution < 1.29 is 4.39 Å². The zero-order chi connectivity index (χ0) is 20.1. The number of benzene rings is 3. The molecule has 0 atom stereocenters. The molecule has 0 fully saturated rings. The van der Waals surface area contributed by atoms with Gasteiger partial charge < -0.3 is 4.90 Å². The van der Waals surface area contributed by atoms with Crippen molar-refractivity contribution in [2.24, 2.45) is 4.99 Å². The molecule has 0 bridgehead atoms. The summed E-state index contributed by atoms with van der Waals surface area (Å²) in [6.07, 6.45) is 2.77. The van der Waals surface area contributed by atoms with Gasteiger partial charge in [-0.2, -0.15) is 0 Å². The van der Waals surface area contributed by atoms with Crippen molar-refractivity contribution in [2.45, 2.75) is 27.2 Å². The van der Waals surface area contributed by atoms with Crippen LogP contribution in [0.3, 0.4) is 0 Å². The average molecular weight is 375 g/mol. The molecule has 3 heteroatoms. The molecule has 28 heavy (non-hydrogen) atoms. The Morgan fingerprint density at radius 2 is 1.50 bits per heavy atom. The summed E-state index contributed by atoms with van der Waals surface area (Å²) < 4.78 is 13.1. The maximum Gasteiger partial charge on any atom is 0.123 e. The Balaban J connectivity index is 1.77. The van der Waals surface area contributed by atoms with Crippen molar-refractivity contribution >= 4 is 12.0 Å². The standard InChI is InChI=1S/C25H27FN2/c1-5-28(4)17-27-25-15-18(2)23(14-19(25)3)16-20-6-8-21(9-7-20)22-10-12-24(26)13-11-22/h6-15,17H,5,16H2,1-4H3/b27-17+. The number of aliphatic imine (C=N–C) groups is 1. The zero-order valence-electron chi connectivity index (χ0n) is 17.0. The third kappa shape index (κ3) is 4.86. The van der Waals surface area contributed by atoms with E-state index in [9.17, 15) is 4.39 Å². The van der Waals surface area contributed by atoms with Crippen LogP contribution >= 0.6 is 0 Å². The Kier molecular flexibility index (Phi) is 6.25. The summed E-state index contributed by atoms with van der Waals surface area (Å²) in [5.74, 6) is -0.208. The molecule has 3 aromatic carbocycles. The Morgan fingerprint density at radius 3 is 2.11 bits per heavy atom. The number of nitrogens with zero attached hydrogens (tertiary/aromatic N) is 2. The molecule has 0 saturated carbocycles. The minimum absolute atomic E-state index is 0.208. The first kappa shape index (κ1) is 19.8. The van der Waals surface area contributed by atoms with E-state index in [-0.39, 0.29) is 5.82 Å². The van der Waals surface area contributed by atoms with Crippen LogP contribution in [-0.4, -0.2) is 24.8 Å². The van der Waals surface area contributed by atoms with Crippen LogP contribution < -0.4 is 0 Å². The van der Waals surface area contributed by atoms with Gasteiger partial charge in [0.15, 0.2) is 0 Å². The molecule has 2 nitrogen and oxygen atoms in total. The van der Waals surface area contributed by atoms with Crippen molar-refractivity contribution in [2.75, 3.05) is 13.6 Å². The second kappa shape index (κ2) is 8.83. The van der Waals surface area contributed by atoms with Gasteiger partial charge in [0.1, 0.15) is 5.82 Å². The summed E-state index contributed by atoms with van der Waals surface area (Å²) in [7, 11) is 2.02. The first-order chi connectivity index (χ1) is 13.5.